The van der Waals surface area contributed by atoms with Gasteiger partial charge >= 0.3 is 0 Å². The van der Waals surface area contributed by atoms with Crippen LogP contribution in [0.2, 0.25) is 0 Å². The van der Waals surface area contributed by atoms with Crippen LogP contribution < -0.4 is 5.32 Å². The Labute approximate surface area is 107 Å². The molecule has 1 aliphatic rings. The van der Waals surface area contributed by atoms with Crippen molar-refractivity contribution in [2.24, 2.45) is 0 Å². The first-order chi connectivity index (χ1) is 8.18. The first-order valence-corrected chi connectivity index (χ1v) is 7.22. The van der Waals surface area contributed by atoms with Gasteiger partial charge in [0.25, 0.3) is 0 Å². The van der Waals surface area contributed by atoms with E-state index >= 15 is 0 Å². The van der Waals surface area contributed by atoms with Crippen molar-refractivity contribution in [1.29, 1.82) is 0 Å². The molecule has 0 saturated carbocycles. The van der Waals surface area contributed by atoms with Crippen LogP contribution in [0, 0.1) is 0 Å². The third kappa shape index (κ3) is 7.74. The van der Waals surface area contributed by atoms with E-state index in [0.717, 1.165) is 13.2 Å². The minimum Gasteiger partial charge on any atom is -0.378 e. The second kappa shape index (κ2) is 8.90. The zero-order valence-corrected chi connectivity index (χ0v) is 11.9. The second-order valence-electron chi connectivity index (χ2n) is 5.54. The molecule has 3 heteroatoms. The van der Waals surface area contributed by atoms with Crippen LogP contribution in [0.15, 0.2) is 0 Å². The van der Waals surface area contributed by atoms with E-state index in [9.17, 15) is 0 Å². The molecule has 0 unspecified atom stereocenters. The van der Waals surface area contributed by atoms with Crippen molar-refractivity contribution < 1.29 is 4.74 Å². The lowest BCUT2D eigenvalue weighted by atomic mass is 10.1. The Bertz CT molecular complexity index is 177. The van der Waals surface area contributed by atoms with Crippen LogP contribution in [-0.4, -0.2) is 50.3 Å². The molecule has 0 aromatic heterocycles. The Morgan fingerprint density at radius 2 is 1.88 bits per heavy atom. The van der Waals surface area contributed by atoms with Crippen LogP contribution >= 0.6 is 0 Å². The summed E-state index contributed by atoms with van der Waals surface area (Å²) in [7, 11) is 2.19. The van der Waals surface area contributed by atoms with E-state index in [0.29, 0.717) is 12.1 Å². The number of nitrogens with zero attached hydrogens (tertiary/aromatic N) is 1. The molecule has 0 aliphatic carbocycles. The first-order valence-electron chi connectivity index (χ1n) is 7.22. The predicted molar refractivity (Wildman–Crippen MR) is 73.5 cm³/mol. The smallest absolute Gasteiger partial charge is 0.0599 e. The van der Waals surface area contributed by atoms with Crippen molar-refractivity contribution in [3.63, 3.8) is 0 Å². The van der Waals surface area contributed by atoms with Gasteiger partial charge in [0.15, 0.2) is 0 Å². The molecule has 1 fully saturated rings. The van der Waals surface area contributed by atoms with E-state index in [1.807, 2.05) is 0 Å². The van der Waals surface area contributed by atoms with E-state index in [1.165, 1.54) is 45.2 Å². The molecule has 1 aliphatic heterocycles. The molecular weight excluding hydrogens is 212 g/mol. The van der Waals surface area contributed by atoms with Gasteiger partial charge in [0.1, 0.15) is 0 Å². The summed E-state index contributed by atoms with van der Waals surface area (Å²) in [6, 6.07) is 0.616. The van der Waals surface area contributed by atoms with Crippen molar-refractivity contribution >= 4 is 0 Å². The van der Waals surface area contributed by atoms with Gasteiger partial charge in [-0.05, 0) is 45.7 Å². The van der Waals surface area contributed by atoms with Crippen LogP contribution in [-0.2, 0) is 4.74 Å². The Morgan fingerprint density at radius 1 is 1.18 bits per heavy atom. The fourth-order valence-electron chi connectivity index (χ4n) is 2.20. The van der Waals surface area contributed by atoms with Crippen LogP contribution in [0.3, 0.4) is 0 Å². The van der Waals surface area contributed by atoms with Crippen molar-refractivity contribution in [3.05, 3.63) is 0 Å². The topological polar surface area (TPSA) is 24.5 Å². The molecule has 3 nitrogen and oxygen atoms in total. The largest absolute Gasteiger partial charge is 0.378 e. The number of unbranched alkanes of at least 4 members (excludes halogenated alkanes) is 2. The molecule has 1 N–H and O–H groups in total. The fourth-order valence-corrected chi connectivity index (χ4v) is 2.20. The maximum atomic E-state index is 5.91. The highest BCUT2D eigenvalue weighted by atomic mass is 16.5. The number of hydrogen-bond donors (Lipinski definition) is 1. The molecule has 0 spiro atoms. The zero-order chi connectivity index (χ0) is 12.5. The van der Waals surface area contributed by atoms with E-state index < -0.39 is 0 Å². The molecule has 0 atom stereocenters. The molecular formula is C14H30N2O. The van der Waals surface area contributed by atoms with Gasteiger partial charge in [0.05, 0.1) is 6.10 Å². The number of likely N-dealkylation sites (tertiary alicyclic amines) is 1. The summed E-state index contributed by atoms with van der Waals surface area (Å²) in [5, 5.41) is 3.44. The minimum absolute atomic E-state index is 0.528. The highest BCUT2D eigenvalue weighted by Gasteiger charge is 2.16. The lowest BCUT2D eigenvalue weighted by molar-refractivity contribution is 0.0108. The molecule has 102 valence electrons. The number of hydrogen-bond acceptors (Lipinski definition) is 3. The molecule has 1 rings (SSSR count). The number of rotatable bonds is 8. The van der Waals surface area contributed by atoms with Gasteiger partial charge in [-0.15, -0.1) is 0 Å². The average molecular weight is 242 g/mol. The van der Waals surface area contributed by atoms with Crippen LogP contribution in [0.5, 0.6) is 0 Å². The van der Waals surface area contributed by atoms with E-state index in [4.69, 9.17) is 4.74 Å². The zero-order valence-electron chi connectivity index (χ0n) is 11.9. The van der Waals surface area contributed by atoms with Gasteiger partial charge in [-0.3, -0.25) is 0 Å². The van der Waals surface area contributed by atoms with Crippen LogP contribution in [0.25, 0.3) is 0 Å². The number of nitrogens with one attached hydrogen (secondary N) is 1. The van der Waals surface area contributed by atoms with Crippen molar-refractivity contribution in [2.75, 3.05) is 33.3 Å². The summed E-state index contributed by atoms with van der Waals surface area (Å²) in [6.07, 6.45) is 6.73. The molecule has 1 heterocycles. The third-order valence-electron chi connectivity index (χ3n) is 3.39. The second-order valence-corrected chi connectivity index (χ2v) is 5.54. The van der Waals surface area contributed by atoms with E-state index in [1.54, 1.807) is 0 Å². The molecule has 0 aromatic rings. The molecule has 1 saturated heterocycles. The normalized spacial score (nSPS) is 19.1. The maximum absolute atomic E-state index is 5.91. The van der Waals surface area contributed by atoms with Gasteiger partial charge in [0, 0.05) is 25.7 Å². The minimum atomic E-state index is 0.528. The highest BCUT2D eigenvalue weighted by Crippen LogP contribution is 2.12. The molecule has 0 aromatic carbocycles. The standard InChI is InChI=1S/C14H30N2O/c1-13(2)15-9-5-4-6-12-17-14-7-10-16(3)11-8-14/h13-15H,4-12H2,1-3H3. The third-order valence-corrected chi connectivity index (χ3v) is 3.39. The summed E-state index contributed by atoms with van der Waals surface area (Å²) < 4.78 is 5.91. The molecule has 0 radical (unpaired) electrons. The van der Waals surface area contributed by atoms with Crippen molar-refractivity contribution in [2.45, 2.75) is 58.1 Å². The maximum Gasteiger partial charge on any atom is 0.0599 e. The predicted octanol–water partition coefficient (Wildman–Crippen LogP) is 2.27. The SMILES string of the molecule is CC(C)NCCCCCOC1CCN(C)CC1. The van der Waals surface area contributed by atoms with Crippen molar-refractivity contribution in [1.82, 2.24) is 10.2 Å². The van der Waals surface area contributed by atoms with E-state index in [2.05, 4.69) is 31.1 Å². The lowest BCUT2D eigenvalue weighted by Crippen LogP contribution is -2.34. The molecule has 17 heavy (non-hydrogen) atoms. The van der Waals surface area contributed by atoms with Crippen molar-refractivity contribution in [3.8, 4) is 0 Å². The monoisotopic (exact) mass is 242 g/mol. The summed E-state index contributed by atoms with van der Waals surface area (Å²) in [5.41, 5.74) is 0. The van der Waals surface area contributed by atoms with Crippen LogP contribution in [0.4, 0.5) is 0 Å². The average Bonchev–Trinajstić information content (AvgIpc) is 2.30. The van der Waals surface area contributed by atoms with Gasteiger partial charge in [-0.1, -0.05) is 13.8 Å². The number of ether oxygens (including phenoxy) is 1. The number of piperidine rings is 1. The van der Waals surface area contributed by atoms with Gasteiger partial charge in [-0.25, -0.2) is 0 Å². The summed E-state index contributed by atoms with van der Waals surface area (Å²) in [6.45, 7) is 8.89. The van der Waals surface area contributed by atoms with Gasteiger partial charge in [-0.2, -0.15) is 0 Å². The van der Waals surface area contributed by atoms with Gasteiger partial charge in [0.2, 0.25) is 0 Å². The van der Waals surface area contributed by atoms with E-state index in [-0.39, 0.29) is 0 Å². The van der Waals surface area contributed by atoms with Gasteiger partial charge < -0.3 is 15.0 Å². The Morgan fingerprint density at radius 3 is 2.53 bits per heavy atom. The first kappa shape index (κ1) is 14.9. The quantitative estimate of drug-likeness (QED) is 0.661. The molecule has 0 amide bonds. The summed E-state index contributed by atoms with van der Waals surface area (Å²) in [4.78, 5) is 2.39. The Hall–Kier alpha value is -0.120. The Balaban J connectivity index is 1.84. The lowest BCUT2D eigenvalue weighted by Gasteiger charge is -2.28. The summed E-state index contributed by atoms with van der Waals surface area (Å²) in [5.74, 6) is 0. The van der Waals surface area contributed by atoms with Crippen LogP contribution in [0.1, 0.15) is 46.0 Å². The molecule has 0 bridgehead atoms. The highest BCUT2D eigenvalue weighted by molar-refractivity contribution is 4.69. The Kier molecular flexibility index (Phi) is 7.82. The summed E-state index contributed by atoms with van der Waals surface area (Å²) >= 11 is 0. The fraction of sp³-hybridized carbons (Fsp3) is 1.00.